The van der Waals surface area contributed by atoms with E-state index < -0.39 is 0 Å². The van der Waals surface area contributed by atoms with Crippen molar-refractivity contribution in [3.63, 3.8) is 0 Å². The molecule has 8 heavy (non-hydrogen) atoms. The Morgan fingerprint density at radius 1 is 1.88 bits per heavy atom. The van der Waals surface area contributed by atoms with Gasteiger partial charge in [0.25, 0.3) is 0 Å². The van der Waals surface area contributed by atoms with Crippen LogP contribution in [0.1, 0.15) is 0 Å². The maximum Gasteiger partial charge on any atom is 0.235 e. The van der Waals surface area contributed by atoms with E-state index in [1.807, 2.05) is 0 Å². The van der Waals surface area contributed by atoms with Crippen molar-refractivity contribution >= 4 is 5.91 Å². The molecule has 1 unspecified atom stereocenters. The van der Waals surface area contributed by atoms with Gasteiger partial charge >= 0.3 is 0 Å². The molecule has 1 rings (SSSR count). The molecular weight excluding hydrogens is 108 g/mol. The van der Waals surface area contributed by atoms with Crippen LogP contribution in [0, 0.1) is 0 Å². The second kappa shape index (κ2) is 2.11. The van der Waals surface area contributed by atoms with Crippen molar-refractivity contribution in [1.29, 1.82) is 0 Å². The van der Waals surface area contributed by atoms with Gasteiger partial charge in [-0.3, -0.25) is 10.1 Å². The Morgan fingerprint density at radius 3 is 2.88 bits per heavy atom. The number of amides is 1. The molecule has 1 aliphatic rings. The van der Waals surface area contributed by atoms with Gasteiger partial charge in [-0.1, -0.05) is 0 Å². The molecule has 0 aliphatic carbocycles. The number of carbonyl (C=O) groups excluding carboxylic acids is 1. The third-order valence-corrected chi connectivity index (χ3v) is 1.03. The van der Waals surface area contributed by atoms with Gasteiger partial charge in [0.2, 0.25) is 5.91 Å². The molecule has 0 radical (unpaired) electrons. The van der Waals surface area contributed by atoms with E-state index in [0.717, 1.165) is 0 Å². The zero-order chi connectivity index (χ0) is 5.98. The van der Waals surface area contributed by atoms with E-state index in [9.17, 15) is 4.79 Å². The van der Waals surface area contributed by atoms with Crippen LogP contribution in [0.5, 0.6) is 0 Å². The SMILES string of the molecule is O=C1CNC(CO)N1. The van der Waals surface area contributed by atoms with Gasteiger partial charge in [0, 0.05) is 0 Å². The zero-order valence-corrected chi connectivity index (χ0v) is 4.35. The van der Waals surface area contributed by atoms with Crippen LogP contribution in [0.4, 0.5) is 0 Å². The van der Waals surface area contributed by atoms with E-state index in [-0.39, 0.29) is 18.7 Å². The van der Waals surface area contributed by atoms with Crippen molar-refractivity contribution in [3.05, 3.63) is 0 Å². The third kappa shape index (κ3) is 0.962. The average molecular weight is 116 g/mol. The highest BCUT2D eigenvalue weighted by atomic mass is 16.3. The van der Waals surface area contributed by atoms with Crippen LogP contribution < -0.4 is 10.6 Å². The molecule has 3 N–H and O–H groups in total. The lowest BCUT2D eigenvalue weighted by Gasteiger charge is -2.02. The fourth-order valence-electron chi connectivity index (χ4n) is 0.622. The van der Waals surface area contributed by atoms with Crippen molar-refractivity contribution in [2.75, 3.05) is 13.2 Å². The van der Waals surface area contributed by atoms with Crippen LogP contribution in [0.15, 0.2) is 0 Å². The van der Waals surface area contributed by atoms with Crippen LogP contribution in [0.25, 0.3) is 0 Å². The van der Waals surface area contributed by atoms with E-state index in [1.54, 1.807) is 0 Å². The Balaban J connectivity index is 2.32. The molecule has 0 aromatic rings. The lowest BCUT2D eigenvalue weighted by atomic mass is 10.6. The van der Waals surface area contributed by atoms with Crippen molar-refractivity contribution in [3.8, 4) is 0 Å². The predicted molar refractivity (Wildman–Crippen MR) is 27.0 cm³/mol. The molecule has 1 aliphatic heterocycles. The quantitative estimate of drug-likeness (QED) is 0.372. The first-order valence-electron chi connectivity index (χ1n) is 2.46. The molecule has 4 nitrogen and oxygen atoms in total. The summed E-state index contributed by atoms with van der Waals surface area (Å²) in [7, 11) is 0. The summed E-state index contributed by atoms with van der Waals surface area (Å²) < 4.78 is 0. The summed E-state index contributed by atoms with van der Waals surface area (Å²) >= 11 is 0. The molecule has 0 saturated carbocycles. The molecule has 1 saturated heterocycles. The van der Waals surface area contributed by atoms with Crippen molar-refractivity contribution in [2.24, 2.45) is 0 Å². The summed E-state index contributed by atoms with van der Waals surface area (Å²) in [6.07, 6.45) is -0.220. The van der Waals surface area contributed by atoms with Gasteiger partial charge in [-0.15, -0.1) is 0 Å². The summed E-state index contributed by atoms with van der Waals surface area (Å²) in [5.74, 6) is -0.0518. The molecule has 0 aromatic heterocycles. The number of carbonyl (C=O) groups is 1. The maximum absolute atomic E-state index is 10.3. The standard InChI is InChI=1S/C4H8N2O2/c7-2-3-5-1-4(8)6-3/h3,5,7H,1-2H2,(H,6,8). The van der Waals surface area contributed by atoms with Crippen molar-refractivity contribution in [1.82, 2.24) is 10.6 Å². The Morgan fingerprint density at radius 2 is 2.62 bits per heavy atom. The Kier molecular flexibility index (Phi) is 1.45. The zero-order valence-electron chi connectivity index (χ0n) is 4.35. The number of hydrogen-bond acceptors (Lipinski definition) is 3. The summed E-state index contributed by atoms with van der Waals surface area (Å²) in [5.41, 5.74) is 0. The predicted octanol–water partition coefficient (Wildman–Crippen LogP) is -1.98. The van der Waals surface area contributed by atoms with Crippen LogP contribution in [0.3, 0.4) is 0 Å². The fraction of sp³-hybridized carbons (Fsp3) is 0.750. The first kappa shape index (κ1) is 5.53. The van der Waals surface area contributed by atoms with E-state index in [0.29, 0.717) is 6.54 Å². The van der Waals surface area contributed by atoms with Gasteiger partial charge < -0.3 is 10.4 Å². The minimum absolute atomic E-state index is 0.0360. The molecule has 0 bridgehead atoms. The molecule has 4 heteroatoms. The van der Waals surface area contributed by atoms with E-state index in [1.165, 1.54) is 0 Å². The van der Waals surface area contributed by atoms with E-state index in [2.05, 4.69) is 10.6 Å². The lowest BCUT2D eigenvalue weighted by Crippen LogP contribution is -2.35. The molecule has 0 aromatic carbocycles. The summed E-state index contributed by atoms with van der Waals surface area (Å²) in [6.45, 7) is 0.289. The molecular formula is C4H8N2O2. The highest BCUT2D eigenvalue weighted by Crippen LogP contribution is 1.82. The first-order valence-corrected chi connectivity index (χ1v) is 2.46. The van der Waals surface area contributed by atoms with Crippen molar-refractivity contribution < 1.29 is 9.90 Å². The number of aliphatic hydroxyl groups is 1. The second-order valence-electron chi connectivity index (χ2n) is 1.68. The summed E-state index contributed by atoms with van der Waals surface area (Å²) in [4.78, 5) is 10.3. The monoisotopic (exact) mass is 116 g/mol. The van der Waals surface area contributed by atoms with Gasteiger partial charge in [-0.25, -0.2) is 0 Å². The van der Waals surface area contributed by atoms with Gasteiger partial charge in [-0.2, -0.15) is 0 Å². The van der Waals surface area contributed by atoms with Crippen LogP contribution in [-0.2, 0) is 4.79 Å². The highest BCUT2D eigenvalue weighted by molar-refractivity contribution is 5.80. The normalized spacial score (nSPS) is 28.1. The summed E-state index contributed by atoms with van der Waals surface area (Å²) in [5, 5.41) is 13.7. The molecule has 0 spiro atoms. The molecule has 1 amide bonds. The number of aliphatic hydroxyl groups excluding tert-OH is 1. The Bertz CT molecular complexity index is 104. The Labute approximate surface area is 46.9 Å². The first-order chi connectivity index (χ1) is 3.83. The van der Waals surface area contributed by atoms with Crippen LogP contribution in [-0.4, -0.2) is 30.3 Å². The Hall–Kier alpha value is -0.610. The van der Waals surface area contributed by atoms with Crippen molar-refractivity contribution in [2.45, 2.75) is 6.17 Å². The minimum atomic E-state index is -0.220. The minimum Gasteiger partial charge on any atom is -0.393 e. The number of hydrogen-bond donors (Lipinski definition) is 3. The molecule has 1 atom stereocenters. The molecule has 46 valence electrons. The van der Waals surface area contributed by atoms with E-state index >= 15 is 0 Å². The summed E-state index contributed by atoms with van der Waals surface area (Å²) in [6, 6.07) is 0. The fourth-order valence-corrected chi connectivity index (χ4v) is 0.622. The average Bonchev–Trinajstić information content (AvgIpc) is 2.14. The smallest absolute Gasteiger partial charge is 0.235 e. The van der Waals surface area contributed by atoms with E-state index in [4.69, 9.17) is 5.11 Å². The molecule has 1 fully saturated rings. The van der Waals surface area contributed by atoms with Gasteiger partial charge in [0.1, 0.15) is 6.17 Å². The van der Waals surface area contributed by atoms with Gasteiger partial charge in [0.05, 0.1) is 13.2 Å². The third-order valence-electron chi connectivity index (χ3n) is 1.03. The lowest BCUT2D eigenvalue weighted by molar-refractivity contribution is -0.118. The number of rotatable bonds is 1. The topological polar surface area (TPSA) is 61.4 Å². The van der Waals surface area contributed by atoms with Gasteiger partial charge in [0.15, 0.2) is 0 Å². The largest absolute Gasteiger partial charge is 0.393 e. The maximum atomic E-state index is 10.3. The van der Waals surface area contributed by atoms with Crippen LogP contribution >= 0.6 is 0 Å². The van der Waals surface area contributed by atoms with Crippen LogP contribution in [0.2, 0.25) is 0 Å². The highest BCUT2D eigenvalue weighted by Gasteiger charge is 2.17. The second-order valence-corrected chi connectivity index (χ2v) is 1.68. The molecule has 1 heterocycles. The van der Waals surface area contributed by atoms with Gasteiger partial charge in [-0.05, 0) is 0 Å². The number of nitrogens with one attached hydrogen (secondary N) is 2.